The van der Waals surface area contributed by atoms with E-state index in [1.54, 1.807) is 37.6 Å². The zero-order valence-electron chi connectivity index (χ0n) is 11.0. The first-order valence-electron chi connectivity index (χ1n) is 5.96. The molecule has 0 bridgehead atoms. The standard InChI is InChI=1S/C14H15FN2O2/c1-8(14(18)19)13-9(2)16-17(10(13)3)12-6-4-5-11(15)7-12/h4-8H,1-3H3,(H,18,19). The summed E-state index contributed by atoms with van der Waals surface area (Å²) < 4.78 is 14.8. The SMILES string of the molecule is Cc1nn(-c2cccc(F)c2)c(C)c1C(C)C(=O)O. The van der Waals surface area contributed by atoms with Gasteiger partial charge in [-0.05, 0) is 39.0 Å². The van der Waals surface area contributed by atoms with E-state index in [9.17, 15) is 9.18 Å². The molecule has 0 aliphatic heterocycles. The van der Waals surface area contributed by atoms with Crippen LogP contribution in [0.3, 0.4) is 0 Å². The second-order valence-corrected chi connectivity index (χ2v) is 4.54. The van der Waals surface area contributed by atoms with Gasteiger partial charge < -0.3 is 5.11 Å². The summed E-state index contributed by atoms with van der Waals surface area (Å²) in [5.74, 6) is -1.88. The van der Waals surface area contributed by atoms with Crippen molar-refractivity contribution in [3.63, 3.8) is 0 Å². The maximum absolute atomic E-state index is 13.2. The van der Waals surface area contributed by atoms with Gasteiger partial charge in [0.1, 0.15) is 5.82 Å². The Balaban J connectivity index is 2.56. The van der Waals surface area contributed by atoms with Crippen molar-refractivity contribution in [2.75, 3.05) is 0 Å². The smallest absolute Gasteiger partial charge is 0.310 e. The van der Waals surface area contributed by atoms with Crippen LogP contribution in [0.4, 0.5) is 4.39 Å². The summed E-state index contributed by atoms with van der Waals surface area (Å²) in [7, 11) is 0. The molecule has 1 N–H and O–H groups in total. The number of carbonyl (C=O) groups is 1. The summed E-state index contributed by atoms with van der Waals surface area (Å²) in [4.78, 5) is 11.1. The highest BCUT2D eigenvalue weighted by atomic mass is 19.1. The number of aryl methyl sites for hydroxylation is 1. The Morgan fingerprint density at radius 2 is 2.11 bits per heavy atom. The molecule has 100 valence electrons. The molecule has 0 saturated heterocycles. The van der Waals surface area contributed by atoms with Crippen LogP contribution in [-0.2, 0) is 4.79 Å². The summed E-state index contributed by atoms with van der Waals surface area (Å²) >= 11 is 0. The number of benzene rings is 1. The Morgan fingerprint density at radius 3 is 2.68 bits per heavy atom. The molecular weight excluding hydrogens is 247 g/mol. The lowest BCUT2D eigenvalue weighted by Gasteiger charge is -2.08. The summed E-state index contributed by atoms with van der Waals surface area (Å²) in [5.41, 5.74) is 2.64. The molecule has 0 saturated carbocycles. The lowest BCUT2D eigenvalue weighted by atomic mass is 9.99. The highest BCUT2D eigenvalue weighted by molar-refractivity contribution is 5.76. The molecule has 0 aliphatic carbocycles. The number of carboxylic acids is 1. The molecule has 0 amide bonds. The van der Waals surface area contributed by atoms with Crippen LogP contribution in [0.15, 0.2) is 24.3 Å². The van der Waals surface area contributed by atoms with E-state index in [-0.39, 0.29) is 5.82 Å². The van der Waals surface area contributed by atoms with Gasteiger partial charge in [-0.15, -0.1) is 0 Å². The summed E-state index contributed by atoms with van der Waals surface area (Å²) in [5, 5.41) is 13.4. The third kappa shape index (κ3) is 2.36. The van der Waals surface area contributed by atoms with E-state index in [1.165, 1.54) is 12.1 Å². The van der Waals surface area contributed by atoms with Crippen molar-refractivity contribution in [2.45, 2.75) is 26.7 Å². The van der Waals surface area contributed by atoms with Crippen LogP contribution in [0, 0.1) is 19.7 Å². The van der Waals surface area contributed by atoms with Crippen LogP contribution in [0.5, 0.6) is 0 Å². The van der Waals surface area contributed by atoms with Gasteiger partial charge in [0.05, 0.1) is 17.3 Å². The molecule has 2 rings (SSSR count). The van der Waals surface area contributed by atoms with Gasteiger partial charge in [0, 0.05) is 11.3 Å². The number of nitrogens with zero attached hydrogens (tertiary/aromatic N) is 2. The van der Waals surface area contributed by atoms with Crippen molar-refractivity contribution in [3.8, 4) is 5.69 Å². The molecule has 5 heteroatoms. The molecule has 0 spiro atoms. The van der Waals surface area contributed by atoms with Gasteiger partial charge in [0.15, 0.2) is 0 Å². The normalized spacial score (nSPS) is 12.4. The van der Waals surface area contributed by atoms with Gasteiger partial charge in [-0.3, -0.25) is 4.79 Å². The van der Waals surface area contributed by atoms with Crippen molar-refractivity contribution in [3.05, 3.63) is 47.0 Å². The molecule has 19 heavy (non-hydrogen) atoms. The van der Waals surface area contributed by atoms with Crippen LogP contribution in [-0.4, -0.2) is 20.9 Å². The lowest BCUT2D eigenvalue weighted by Crippen LogP contribution is -2.09. The largest absolute Gasteiger partial charge is 0.481 e. The molecular formula is C14H15FN2O2. The van der Waals surface area contributed by atoms with Crippen LogP contribution in [0.25, 0.3) is 5.69 Å². The Bertz CT molecular complexity index is 634. The van der Waals surface area contributed by atoms with E-state index in [0.717, 1.165) is 5.69 Å². The minimum atomic E-state index is -0.898. The Kier molecular flexibility index (Phi) is 3.38. The first kappa shape index (κ1) is 13.3. The fourth-order valence-corrected chi connectivity index (χ4v) is 2.26. The van der Waals surface area contributed by atoms with Crippen LogP contribution < -0.4 is 0 Å². The first-order chi connectivity index (χ1) is 8.91. The molecule has 0 aliphatic rings. The molecule has 0 radical (unpaired) electrons. The maximum atomic E-state index is 13.2. The molecule has 1 atom stereocenters. The van der Waals surface area contributed by atoms with Crippen molar-refractivity contribution < 1.29 is 14.3 Å². The summed E-state index contributed by atoms with van der Waals surface area (Å²) in [6, 6.07) is 6.06. The number of aromatic nitrogens is 2. The molecule has 0 fully saturated rings. The Morgan fingerprint density at radius 1 is 1.42 bits per heavy atom. The predicted octanol–water partition coefficient (Wildman–Crippen LogP) is 2.82. The lowest BCUT2D eigenvalue weighted by molar-refractivity contribution is -0.138. The highest BCUT2D eigenvalue weighted by Gasteiger charge is 2.23. The maximum Gasteiger partial charge on any atom is 0.310 e. The third-order valence-corrected chi connectivity index (χ3v) is 3.20. The van der Waals surface area contributed by atoms with Gasteiger partial charge in [-0.1, -0.05) is 6.07 Å². The fourth-order valence-electron chi connectivity index (χ4n) is 2.26. The first-order valence-corrected chi connectivity index (χ1v) is 5.96. The van der Waals surface area contributed by atoms with E-state index in [4.69, 9.17) is 5.11 Å². The third-order valence-electron chi connectivity index (χ3n) is 3.20. The number of hydrogen-bond donors (Lipinski definition) is 1. The minimum Gasteiger partial charge on any atom is -0.481 e. The number of rotatable bonds is 3. The molecule has 1 aromatic carbocycles. The number of aliphatic carboxylic acids is 1. The quantitative estimate of drug-likeness (QED) is 0.925. The molecule has 1 aromatic heterocycles. The Hall–Kier alpha value is -2.17. The van der Waals surface area contributed by atoms with Crippen LogP contribution >= 0.6 is 0 Å². The van der Waals surface area contributed by atoms with Gasteiger partial charge in [-0.2, -0.15) is 5.10 Å². The summed E-state index contributed by atoms with van der Waals surface area (Å²) in [6.07, 6.45) is 0. The topological polar surface area (TPSA) is 55.1 Å². The van der Waals surface area contributed by atoms with Crippen molar-refractivity contribution >= 4 is 5.97 Å². The minimum absolute atomic E-state index is 0.349. The van der Waals surface area contributed by atoms with Crippen molar-refractivity contribution in [2.24, 2.45) is 0 Å². The molecule has 1 unspecified atom stereocenters. The monoisotopic (exact) mass is 262 g/mol. The molecule has 1 heterocycles. The second-order valence-electron chi connectivity index (χ2n) is 4.54. The van der Waals surface area contributed by atoms with E-state index in [1.807, 2.05) is 0 Å². The van der Waals surface area contributed by atoms with Crippen LogP contribution in [0.1, 0.15) is 29.8 Å². The van der Waals surface area contributed by atoms with Gasteiger partial charge in [0.2, 0.25) is 0 Å². The average Bonchev–Trinajstić information content (AvgIpc) is 2.64. The van der Waals surface area contributed by atoms with Gasteiger partial charge in [-0.25, -0.2) is 9.07 Å². The predicted molar refractivity (Wildman–Crippen MR) is 69.0 cm³/mol. The summed E-state index contributed by atoms with van der Waals surface area (Å²) in [6.45, 7) is 5.17. The van der Waals surface area contributed by atoms with E-state index >= 15 is 0 Å². The van der Waals surface area contributed by atoms with E-state index in [2.05, 4.69) is 5.10 Å². The van der Waals surface area contributed by atoms with Crippen molar-refractivity contribution in [1.29, 1.82) is 0 Å². The second kappa shape index (κ2) is 4.84. The average molecular weight is 262 g/mol. The van der Waals surface area contributed by atoms with Gasteiger partial charge in [0.25, 0.3) is 0 Å². The number of carboxylic acid groups (broad SMARTS) is 1. The van der Waals surface area contributed by atoms with E-state index in [0.29, 0.717) is 16.9 Å². The number of hydrogen-bond acceptors (Lipinski definition) is 2. The zero-order valence-corrected chi connectivity index (χ0v) is 11.0. The zero-order chi connectivity index (χ0) is 14.2. The molecule has 4 nitrogen and oxygen atoms in total. The number of halogens is 1. The molecule has 2 aromatic rings. The fraction of sp³-hybridized carbons (Fsp3) is 0.286. The van der Waals surface area contributed by atoms with Crippen LogP contribution in [0.2, 0.25) is 0 Å². The van der Waals surface area contributed by atoms with Crippen molar-refractivity contribution in [1.82, 2.24) is 9.78 Å². The van der Waals surface area contributed by atoms with E-state index < -0.39 is 11.9 Å². The Labute approximate surface area is 110 Å². The highest BCUT2D eigenvalue weighted by Crippen LogP contribution is 2.25. The van der Waals surface area contributed by atoms with Gasteiger partial charge >= 0.3 is 5.97 Å².